The Morgan fingerprint density at radius 1 is 0.767 bits per heavy atom. The third kappa shape index (κ3) is 5.63. The summed E-state index contributed by atoms with van der Waals surface area (Å²) in [6.07, 6.45) is 0.837. The number of hydrogen-bond acceptors (Lipinski definition) is 5. The van der Waals surface area contributed by atoms with E-state index in [0.29, 0.717) is 26.4 Å². The Morgan fingerprint density at radius 3 is 1.83 bits per heavy atom. The second-order valence-electron chi connectivity index (χ2n) is 6.80. The summed E-state index contributed by atoms with van der Waals surface area (Å²) < 4.78 is 19.9. The van der Waals surface area contributed by atoms with Crippen LogP contribution in [-0.4, -0.2) is 43.4 Å². The number of rotatable bonds is 12. The van der Waals surface area contributed by atoms with Crippen LogP contribution in [0.3, 0.4) is 0 Å². The molecule has 3 rings (SSSR count). The first kappa shape index (κ1) is 22.4. The molecule has 0 fully saturated rings. The predicted molar refractivity (Wildman–Crippen MR) is 121 cm³/mol. The molecule has 0 bridgehead atoms. The molecule has 6 nitrogen and oxygen atoms in total. The van der Waals surface area contributed by atoms with Gasteiger partial charge in [-0.1, -0.05) is 60.7 Å². The van der Waals surface area contributed by atoms with Gasteiger partial charge in [-0.05, 0) is 27.2 Å². The van der Waals surface area contributed by atoms with Gasteiger partial charge in [-0.2, -0.15) is 5.10 Å². The fourth-order valence-corrected chi connectivity index (χ4v) is 6.05. The van der Waals surface area contributed by atoms with Crippen molar-refractivity contribution in [2.75, 3.05) is 19.8 Å². The molecule has 0 amide bonds. The lowest BCUT2D eigenvalue weighted by Gasteiger charge is -2.28. The summed E-state index contributed by atoms with van der Waals surface area (Å²) in [5.41, 5.74) is 2.06. The van der Waals surface area contributed by atoms with Crippen molar-refractivity contribution < 1.29 is 13.3 Å². The smallest absolute Gasteiger partial charge is 0.374 e. The fraction of sp³-hybridized carbons (Fsp3) is 0.391. The van der Waals surface area contributed by atoms with E-state index in [-0.39, 0.29) is 0 Å². The highest BCUT2D eigenvalue weighted by Crippen LogP contribution is 2.24. The standard InChI is InChI=1S/C23H31N3O3Si/c1-4-27-30(28-5-2,29-6-3)19-13-18-26-23(21-16-11-8-12-17-21)24-22(25-26)20-14-9-7-10-15-20/h7-12,14-17H,4-6,13,18-19H2,1-3H3. The molecule has 0 N–H and O–H groups in total. The minimum Gasteiger partial charge on any atom is -0.374 e. The molecule has 1 aromatic heterocycles. The molecule has 0 saturated heterocycles. The Bertz CT molecular complexity index is 870. The minimum absolute atomic E-state index is 0.586. The summed E-state index contributed by atoms with van der Waals surface area (Å²) in [6.45, 7) is 8.42. The van der Waals surface area contributed by atoms with E-state index >= 15 is 0 Å². The maximum atomic E-state index is 5.99. The van der Waals surface area contributed by atoms with Crippen molar-refractivity contribution in [3.05, 3.63) is 60.7 Å². The molecule has 0 atom stereocenters. The average molecular weight is 426 g/mol. The largest absolute Gasteiger partial charge is 0.500 e. The molecular formula is C23H31N3O3Si. The molecule has 2 aromatic carbocycles. The zero-order valence-corrected chi connectivity index (χ0v) is 19.1. The Hall–Kier alpha value is -2.32. The highest BCUT2D eigenvalue weighted by atomic mass is 28.4. The first-order valence-corrected chi connectivity index (χ1v) is 12.6. The first-order valence-electron chi connectivity index (χ1n) is 10.7. The van der Waals surface area contributed by atoms with Crippen molar-refractivity contribution in [1.29, 1.82) is 0 Å². The van der Waals surface area contributed by atoms with Gasteiger partial charge in [-0.3, -0.25) is 0 Å². The van der Waals surface area contributed by atoms with Crippen LogP contribution in [0.4, 0.5) is 0 Å². The maximum Gasteiger partial charge on any atom is 0.500 e. The van der Waals surface area contributed by atoms with Gasteiger partial charge < -0.3 is 13.3 Å². The monoisotopic (exact) mass is 425 g/mol. The van der Waals surface area contributed by atoms with Crippen molar-refractivity contribution in [1.82, 2.24) is 14.8 Å². The van der Waals surface area contributed by atoms with Crippen molar-refractivity contribution in [2.45, 2.75) is 39.8 Å². The van der Waals surface area contributed by atoms with Gasteiger partial charge >= 0.3 is 8.80 Å². The fourth-order valence-electron chi connectivity index (χ4n) is 3.45. The first-order chi connectivity index (χ1) is 14.7. The van der Waals surface area contributed by atoms with Crippen LogP contribution in [0, 0.1) is 0 Å². The van der Waals surface area contributed by atoms with Crippen LogP contribution in [0.25, 0.3) is 22.8 Å². The molecule has 0 aliphatic carbocycles. The molecule has 0 spiro atoms. The molecule has 0 unspecified atom stereocenters. The van der Waals surface area contributed by atoms with Crippen LogP contribution in [0.15, 0.2) is 60.7 Å². The topological polar surface area (TPSA) is 58.4 Å². The lowest BCUT2D eigenvalue weighted by molar-refractivity contribution is 0.0704. The number of benzene rings is 2. The molecule has 7 heteroatoms. The lowest BCUT2D eigenvalue weighted by Crippen LogP contribution is -2.46. The van der Waals surface area contributed by atoms with E-state index in [9.17, 15) is 0 Å². The highest BCUT2D eigenvalue weighted by molar-refractivity contribution is 6.60. The molecule has 0 aliphatic heterocycles. The van der Waals surface area contributed by atoms with Crippen molar-refractivity contribution in [3.8, 4) is 22.8 Å². The quantitative estimate of drug-likeness (QED) is 0.380. The molecular weight excluding hydrogens is 394 g/mol. The molecule has 1 heterocycles. The predicted octanol–water partition coefficient (Wildman–Crippen LogP) is 5.05. The summed E-state index contributed by atoms with van der Waals surface area (Å²) in [5, 5.41) is 4.81. The zero-order valence-electron chi connectivity index (χ0n) is 18.1. The van der Waals surface area contributed by atoms with Gasteiger partial charge in [0.1, 0.15) is 0 Å². The van der Waals surface area contributed by atoms with Gasteiger partial charge in [0.25, 0.3) is 0 Å². The summed E-state index contributed by atoms with van der Waals surface area (Å²) >= 11 is 0. The number of hydrogen-bond donors (Lipinski definition) is 0. The normalized spacial score (nSPS) is 11.7. The molecule has 30 heavy (non-hydrogen) atoms. The van der Waals surface area contributed by atoms with Crippen LogP contribution in [0.1, 0.15) is 27.2 Å². The third-order valence-corrected chi connectivity index (χ3v) is 7.83. The third-order valence-electron chi connectivity index (χ3n) is 4.68. The zero-order chi connectivity index (χ0) is 21.2. The van der Waals surface area contributed by atoms with E-state index in [1.807, 2.05) is 74.0 Å². The lowest BCUT2D eigenvalue weighted by atomic mass is 10.2. The average Bonchev–Trinajstić information content (AvgIpc) is 3.20. The van der Waals surface area contributed by atoms with Crippen LogP contribution in [-0.2, 0) is 19.8 Å². The van der Waals surface area contributed by atoms with Crippen LogP contribution in [0.5, 0.6) is 0 Å². The Morgan fingerprint density at radius 2 is 1.30 bits per heavy atom. The molecule has 160 valence electrons. The van der Waals surface area contributed by atoms with Crippen molar-refractivity contribution in [3.63, 3.8) is 0 Å². The van der Waals surface area contributed by atoms with Gasteiger partial charge in [0.2, 0.25) is 0 Å². The second kappa shape index (κ2) is 11.2. The van der Waals surface area contributed by atoms with E-state index in [1.165, 1.54) is 0 Å². The summed E-state index contributed by atoms with van der Waals surface area (Å²) in [4.78, 5) is 4.84. The minimum atomic E-state index is -2.66. The van der Waals surface area contributed by atoms with Crippen molar-refractivity contribution in [2.24, 2.45) is 0 Å². The van der Waals surface area contributed by atoms with Gasteiger partial charge in [-0.25, -0.2) is 9.67 Å². The van der Waals surface area contributed by atoms with Crippen LogP contribution >= 0.6 is 0 Å². The van der Waals surface area contributed by atoms with E-state index < -0.39 is 8.80 Å². The van der Waals surface area contributed by atoms with E-state index in [1.54, 1.807) is 0 Å². The van der Waals surface area contributed by atoms with Crippen LogP contribution < -0.4 is 0 Å². The summed E-state index contributed by atoms with van der Waals surface area (Å²) in [5.74, 6) is 1.60. The van der Waals surface area contributed by atoms with Crippen LogP contribution in [0.2, 0.25) is 6.04 Å². The second-order valence-corrected chi connectivity index (χ2v) is 9.53. The molecule has 0 aliphatic rings. The number of nitrogens with zero attached hydrogens (tertiary/aromatic N) is 3. The van der Waals surface area contributed by atoms with E-state index in [2.05, 4.69) is 12.1 Å². The SMILES string of the molecule is CCO[Si](CCCn1nc(-c2ccccc2)nc1-c1ccccc1)(OCC)OCC. The maximum absolute atomic E-state index is 5.99. The Kier molecular flexibility index (Phi) is 8.33. The summed E-state index contributed by atoms with van der Waals surface area (Å²) in [6, 6.07) is 21.0. The van der Waals surface area contributed by atoms with Crippen molar-refractivity contribution >= 4 is 8.80 Å². The molecule has 0 saturated carbocycles. The highest BCUT2D eigenvalue weighted by Gasteiger charge is 2.39. The van der Waals surface area contributed by atoms with Gasteiger partial charge in [0, 0.05) is 43.5 Å². The number of aromatic nitrogens is 3. The van der Waals surface area contributed by atoms with E-state index in [4.69, 9.17) is 23.4 Å². The molecule has 3 aromatic rings. The van der Waals surface area contributed by atoms with E-state index in [0.717, 1.165) is 35.2 Å². The number of aryl methyl sites for hydroxylation is 1. The summed E-state index contributed by atoms with van der Waals surface area (Å²) in [7, 11) is -2.66. The van der Waals surface area contributed by atoms with Gasteiger partial charge in [0.05, 0.1) is 0 Å². The van der Waals surface area contributed by atoms with Gasteiger partial charge in [-0.15, -0.1) is 0 Å². The van der Waals surface area contributed by atoms with Gasteiger partial charge in [0.15, 0.2) is 11.6 Å². The molecule has 0 radical (unpaired) electrons. The Labute approximate surface area is 180 Å². The Balaban J connectivity index is 1.83.